The van der Waals surface area contributed by atoms with E-state index in [0.717, 1.165) is 5.56 Å². The number of carbonyl (C=O) groups is 5. The first kappa shape index (κ1) is 29.3. The minimum Gasteiger partial charge on any atom is -0.386 e. The van der Waals surface area contributed by atoms with E-state index in [2.05, 4.69) is 16.0 Å². The quantitative estimate of drug-likeness (QED) is 0.352. The number of nitrogens with zero attached hydrogens (tertiary/aromatic N) is 1. The van der Waals surface area contributed by atoms with Crippen LogP contribution in [-0.4, -0.2) is 75.7 Å². The van der Waals surface area contributed by atoms with Crippen LogP contribution in [0.4, 0.5) is 0 Å². The minimum absolute atomic E-state index is 0.230. The highest BCUT2D eigenvalue weighted by Gasteiger charge is 2.42. The number of amides is 4. The van der Waals surface area contributed by atoms with Crippen LogP contribution in [0.1, 0.15) is 71.3 Å². The average molecular weight is 529 g/mol. The van der Waals surface area contributed by atoms with Crippen LogP contribution in [0.2, 0.25) is 0 Å². The van der Waals surface area contributed by atoms with Crippen LogP contribution in [0.3, 0.4) is 0 Å². The lowest BCUT2D eigenvalue weighted by molar-refractivity contribution is -0.144. The van der Waals surface area contributed by atoms with Gasteiger partial charge in [-0.2, -0.15) is 0 Å². The first-order valence-electron chi connectivity index (χ1n) is 13.5. The van der Waals surface area contributed by atoms with Gasteiger partial charge < -0.3 is 26.0 Å². The van der Waals surface area contributed by atoms with Crippen molar-refractivity contribution in [2.75, 3.05) is 6.54 Å². The molecule has 2 aliphatic rings. The summed E-state index contributed by atoms with van der Waals surface area (Å²) in [5.41, 5.74) is -0.460. The fourth-order valence-electron chi connectivity index (χ4n) is 4.91. The maximum absolute atomic E-state index is 13.6. The van der Waals surface area contributed by atoms with Crippen LogP contribution in [-0.2, 0) is 30.4 Å². The first-order chi connectivity index (χ1) is 18.0. The fourth-order valence-corrected chi connectivity index (χ4v) is 4.91. The Morgan fingerprint density at radius 2 is 1.74 bits per heavy atom. The van der Waals surface area contributed by atoms with Gasteiger partial charge in [0.2, 0.25) is 23.6 Å². The van der Waals surface area contributed by atoms with Gasteiger partial charge in [-0.15, -0.1) is 0 Å². The van der Waals surface area contributed by atoms with Crippen LogP contribution in [0.5, 0.6) is 0 Å². The summed E-state index contributed by atoms with van der Waals surface area (Å²) in [4.78, 5) is 66.7. The third kappa shape index (κ3) is 7.63. The predicted molar refractivity (Wildman–Crippen MR) is 141 cm³/mol. The summed E-state index contributed by atoms with van der Waals surface area (Å²) in [5.74, 6) is -1.90. The number of hydrogen-bond acceptors (Lipinski definition) is 6. The van der Waals surface area contributed by atoms with E-state index in [-0.39, 0.29) is 30.4 Å². The Bertz CT molecular complexity index is 1030. The largest absolute Gasteiger partial charge is 0.386 e. The minimum atomic E-state index is -1.33. The number of nitrogens with one attached hydrogen (secondary N) is 3. The molecule has 0 spiro atoms. The van der Waals surface area contributed by atoms with Gasteiger partial charge in [-0.05, 0) is 52.0 Å². The zero-order valence-corrected chi connectivity index (χ0v) is 22.5. The molecule has 10 heteroatoms. The maximum Gasteiger partial charge on any atom is 0.246 e. The number of hydrogen-bond donors (Lipinski definition) is 4. The Kier molecular flexibility index (Phi) is 10.0. The smallest absolute Gasteiger partial charge is 0.246 e. The zero-order valence-electron chi connectivity index (χ0n) is 22.5. The standard InChI is InChI=1S/C28H40N4O6/c1-18(33)23(34)15-9-5-8-13-20-24(35)31-28(2,3)27(38)30-21(17-19-11-6-4-7-12-19)26(37)32-16-10-14-22(32)25(36)29-20/h4,6-7,11-12,18,20-22,33H,5,8-10,13-17H2,1-3H3,(H,29,36)(H,30,38)(H,31,35)/t18-,20+,21?,22-/m1/s1. The molecule has 0 aromatic heterocycles. The van der Waals surface area contributed by atoms with Gasteiger partial charge in [-0.25, -0.2) is 0 Å². The van der Waals surface area contributed by atoms with Crippen molar-refractivity contribution in [3.63, 3.8) is 0 Å². The van der Waals surface area contributed by atoms with Gasteiger partial charge in [0.25, 0.3) is 0 Å². The van der Waals surface area contributed by atoms with Crippen molar-refractivity contribution in [2.45, 2.75) is 102 Å². The third-order valence-electron chi connectivity index (χ3n) is 7.24. The summed E-state index contributed by atoms with van der Waals surface area (Å²) in [6.07, 6.45) is 2.72. The summed E-state index contributed by atoms with van der Waals surface area (Å²) in [6.45, 7) is 4.96. The van der Waals surface area contributed by atoms with Crippen LogP contribution in [0.15, 0.2) is 30.3 Å². The lowest BCUT2D eigenvalue weighted by Crippen LogP contribution is -2.64. The fraction of sp³-hybridized carbons (Fsp3) is 0.607. The van der Waals surface area contributed by atoms with E-state index < -0.39 is 41.6 Å². The molecule has 1 aromatic rings. The van der Waals surface area contributed by atoms with Crippen molar-refractivity contribution in [1.29, 1.82) is 0 Å². The zero-order chi connectivity index (χ0) is 27.9. The van der Waals surface area contributed by atoms with Gasteiger partial charge in [0.15, 0.2) is 5.78 Å². The molecule has 10 nitrogen and oxygen atoms in total. The number of aliphatic hydroxyl groups excluding tert-OH is 1. The number of fused-ring (bicyclic) bond motifs is 1. The van der Waals surface area contributed by atoms with Crippen molar-refractivity contribution in [2.24, 2.45) is 0 Å². The molecule has 208 valence electrons. The molecule has 1 unspecified atom stereocenters. The first-order valence-corrected chi connectivity index (χ1v) is 13.5. The van der Waals surface area contributed by atoms with Gasteiger partial charge >= 0.3 is 0 Å². The molecule has 2 saturated heterocycles. The molecule has 0 aliphatic carbocycles. The molecule has 0 bridgehead atoms. The Labute approximate surface area is 223 Å². The second-order valence-corrected chi connectivity index (χ2v) is 10.8. The number of carbonyl (C=O) groups excluding carboxylic acids is 5. The van der Waals surface area contributed by atoms with E-state index in [1.165, 1.54) is 11.8 Å². The summed E-state index contributed by atoms with van der Waals surface area (Å²) < 4.78 is 0. The van der Waals surface area contributed by atoms with Gasteiger partial charge in [0, 0.05) is 19.4 Å². The molecule has 38 heavy (non-hydrogen) atoms. The Hall–Kier alpha value is -3.27. The lowest BCUT2D eigenvalue weighted by Gasteiger charge is -2.34. The average Bonchev–Trinajstić information content (AvgIpc) is 3.36. The third-order valence-corrected chi connectivity index (χ3v) is 7.24. The van der Waals surface area contributed by atoms with Crippen LogP contribution in [0.25, 0.3) is 0 Å². The van der Waals surface area contributed by atoms with Gasteiger partial charge in [-0.1, -0.05) is 43.2 Å². The van der Waals surface area contributed by atoms with E-state index in [1.807, 2.05) is 30.3 Å². The van der Waals surface area contributed by atoms with Crippen molar-refractivity contribution >= 4 is 29.4 Å². The topological polar surface area (TPSA) is 145 Å². The molecule has 1 aromatic carbocycles. The van der Waals surface area contributed by atoms with E-state index in [0.29, 0.717) is 45.1 Å². The normalized spacial score (nSPS) is 24.8. The highest BCUT2D eigenvalue weighted by atomic mass is 16.3. The van der Waals surface area contributed by atoms with E-state index >= 15 is 0 Å². The summed E-state index contributed by atoms with van der Waals surface area (Å²) in [6, 6.07) is 6.85. The molecule has 0 saturated carbocycles. The number of Topliss-reactive ketones (excluding diaryl/α,β-unsaturated/α-hetero) is 1. The number of ketones is 1. The van der Waals surface area contributed by atoms with Crippen LogP contribution >= 0.6 is 0 Å². The Morgan fingerprint density at radius 1 is 1.03 bits per heavy atom. The van der Waals surface area contributed by atoms with Gasteiger partial charge in [0.1, 0.15) is 29.8 Å². The molecule has 3 rings (SSSR count). The van der Waals surface area contributed by atoms with Crippen molar-refractivity contribution in [3.05, 3.63) is 35.9 Å². The molecule has 4 atom stereocenters. The Morgan fingerprint density at radius 3 is 2.42 bits per heavy atom. The highest BCUT2D eigenvalue weighted by Crippen LogP contribution is 2.21. The van der Waals surface area contributed by atoms with Crippen molar-refractivity contribution in [3.8, 4) is 0 Å². The summed E-state index contributed by atoms with van der Waals surface area (Å²) in [5, 5.41) is 17.8. The van der Waals surface area contributed by atoms with Crippen molar-refractivity contribution in [1.82, 2.24) is 20.9 Å². The van der Waals surface area contributed by atoms with Crippen molar-refractivity contribution < 1.29 is 29.1 Å². The molecule has 2 aliphatic heterocycles. The summed E-state index contributed by atoms with van der Waals surface area (Å²) >= 11 is 0. The van der Waals surface area contributed by atoms with Gasteiger partial charge in [-0.3, -0.25) is 24.0 Å². The highest BCUT2D eigenvalue weighted by molar-refractivity contribution is 5.99. The van der Waals surface area contributed by atoms with Crippen LogP contribution < -0.4 is 16.0 Å². The van der Waals surface area contributed by atoms with E-state index in [1.54, 1.807) is 13.8 Å². The number of rotatable bonds is 9. The van der Waals surface area contributed by atoms with E-state index in [4.69, 9.17) is 0 Å². The molecule has 0 radical (unpaired) electrons. The number of benzene rings is 1. The van der Waals surface area contributed by atoms with E-state index in [9.17, 15) is 29.1 Å². The number of unbranched alkanes of at least 4 members (excludes halogenated alkanes) is 2. The second-order valence-electron chi connectivity index (χ2n) is 10.8. The lowest BCUT2D eigenvalue weighted by atomic mass is 9.98. The molecule has 2 fully saturated rings. The molecular weight excluding hydrogens is 488 g/mol. The molecule has 4 N–H and O–H groups in total. The summed E-state index contributed by atoms with van der Waals surface area (Å²) in [7, 11) is 0. The Balaban J connectivity index is 1.78. The molecule has 4 amide bonds. The monoisotopic (exact) mass is 528 g/mol. The molecule has 2 heterocycles. The second kappa shape index (κ2) is 13.0. The predicted octanol–water partition coefficient (Wildman–Crippen LogP) is 0.999. The SMILES string of the molecule is C[C@@H](O)C(=O)CCCCC[C@@H]1NC(=O)[C@H]2CCCN2C(=O)C(Cc2ccccc2)NC(=O)C(C)(C)NC1=O. The molecular formula is C28H40N4O6. The van der Waals surface area contributed by atoms with Gasteiger partial charge in [0.05, 0.1) is 0 Å². The number of aliphatic hydroxyl groups is 1. The maximum atomic E-state index is 13.6. The van der Waals surface area contributed by atoms with Crippen LogP contribution in [0, 0.1) is 0 Å².